The van der Waals surface area contributed by atoms with Crippen LogP contribution in [0.2, 0.25) is 0 Å². The van der Waals surface area contributed by atoms with Gasteiger partial charge in [0.05, 0.1) is 6.92 Å². The molecule has 0 bridgehead atoms. The van der Waals surface area contributed by atoms with Crippen LogP contribution in [-0.4, -0.2) is 5.97 Å². The SMILES string of the molecule is [CH2]C(=O)ON. The molecule has 0 aliphatic rings. The highest BCUT2D eigenvalue weighted by Crippen LogP contribution is 1.53. The van der Waals surface area contributed by atoms with E-state index in [-0.39, 0.29) is 0 Å². The highest BCUT2D eigenvalue weighted by molar-refractivity contribution is 5.73. The largest absolute Gasteiger partial charge is 0.373 e. The number of carbonyl (C=O) groups excluding carboxylic acids is 1. The summed E-state index contributed by atoms with van der Waals surface area (Å²) in [6.45, 7) is 2.77. The highest BCUT2D eigenvalue weighted by Gasteiger charge is 1.77. The van der Waals surface area contributed by atoms with Gasteiger partial charge in [0.1, 0.15) is 0 Å². The number of hydrogen-bond acceptors (Lipinski definition) is 3. The molecule has 0 aliphatic carbocycles. The normalized spacial score (nSPS) is 6.80. The predicted octanol–water partition coefficient (Wildman–Crippen LogP) is -0.763. The summed E-state index contributed by atoms with van der Waals surface area (Å²) < 4.78 is 0. The molecule has 0 amide bonds. The maximum atomic E-state index is 9.35. The molecule has 3 nitrogen and oxygen atoms in total. The lowest BCUT2D eigenvalue weighted by Crippen LogP contribution is -2.03. The van der Waals surface area contributed by atoms with Crippen molar-refractivity contribution in [2.24, 2.45) is 5.90 Å². The van der Waals surface area contributed by atoms with Crippen molar-refractivity contribution in [2.75, 3.05) is 0 Å². The first kappa shape index (κ1) is 4.43. The van der Waals surface area contributed by atoms with E-state index in [1.165, 1.54) is 0 Å². The van der Waals surface area contributed by atoms with E-state index in [4.69, 9.17) is 0 Å². The third-order valence-electron chi connectivity index (χ3n) is 0.131. The molecule has 0 saturated heterocycles. The summed E-state index contributed by atoms with van der Waals surface area (Å²) in [6.07, 6.45) is 0. The fourth-order valence-corrected chi connectivity index (χ4v) is 0. The van der Waals surface area contributed by atoms with Gasteiger partial charge in [0.15, 0.2) is 0 Å². The first-order valence-electron chi connectivity index (χ1n) is 0.998. The molecule has 0 aromatic heterocycles. The lowest BCUT2D eigenvalue weighted by Gasteiger charge is -1.79. The monoisotopic (exact) mass is 74.0 g/mol. The first-order valence-corrected chi connectivity index (χ1v) is 0.998. The Kier molecular flexibility index (Phi) is 1.53. The molecule has 0 spiro atoms. The lowest BCUT2D eigenvalue weighted by atomic mass is 10.8. The summed E-state index contributed by atoms with van der Waals surface area (Å²) in [5, 5.41) is 0. The molecule has 3 heteroatoms. The van der Waals surface area contributed by atoms with Crippen LogP contribution < -0.4 is 5.90 Å². The minimum absolute atomic E-state index is 0.718. The summed E-state index contributed by atoms with van der Waals surface area (Å²) in [4.78, 5) is 12.9. The van der Waals surface area contributed by atoms with Gasteiger partial charge in [-0.15, -0.1) is 0 Å². The van der Waals surface area contributed by atoms with Crippen molar-refractivity contribution in [1.29, 1.82) is 0 Å². The number of carbonyl (C=O) groups is 1. The van der Waals surface area contributed by atoms with Gasteiger partial charge in [-0.05, 0) is 0 Å². The van der Waals surface area contributed by atoms with E-state index in [9.17, 15) is 4.79 Å². The van der Waals surface area contributed by atoms with Crippen molar-refractivity contribution in [3.63, 3.8) is 0 Å². The van der Waals surface area contributed by atoms with Crippen molar-refractivity contribution in [1.82, 2.24) is 0 Å². The van der Waals surface area contributed by atoms with Gasteiger partial charge in [0.25, 0.3) is 0 Å². The van der Waals surface area contributed by atoms with Crippen molar-refractivity contribution in [3.05, 3.63) is 6.92 Å². The first-order chi connectivity index (χ1) is 2.27. The lowest BCUT2D eigenvalue weighted by molar-refractivity contribution is -0.138. The van der Waals surface area contributed by atoms with Gasteiger partial charge < -0.3 is 4.84 Å². The zero-order valence-electron chi connectivity index (χ0n) is 2.60. The third-order valence-corrected chi connectivity index (χ3v) is 0.131. The second kappa shape index (κ2) is 1.72. The molecule has 0 heterocycles. The van der Waals surface area contributed by atoms with Crippen LogP contribution >= 0.6 is 0 Å². The van der Waals surface area contributed by atoms with Gasteiger partial charge in [-0.3, -0.25) is 4.79 Å². The molecular formula is C2H4NO2. The van der Waals surface area contributed by atoms with E-state index < -0.39 is 5.97 Å². The van der Waals surface area contributed by atoms with E-state index in [1.54, 1.807) is 0 Å². The Labute approximate surface area is 29.7 Å². The highest BCUT2D eigenvalue weighted by atomic mass is 16.7. The Morgan fingerprint density at radius 3 is 2.20 bits per heavy atom. The maximum Gasteiger partial charge on any atom is 0.325 e. The zero-order valence-corrected chi connectivity index (χ0v) is 2.60. The van der Waals surface area contributed by atoms with Crippen LogP contribution in [0.5, 0.6) is 0 Å². The maximum absolute atomic E-state index is 9.35. The molecule has 2 N–H and O–H groups in total. The Morgan fingerprint density at radius 2 is 2.20 bits per heavy atom. The van der Waals surface area contributed by atoms with Gasteiger partial charge in [-0.25, -0.2) is 0 Å². The fraction of sp³-hybridized carbons (Fsp3) is 0. The zero-order chi connectivity index (χ0) is 4.28. The molecule has 0 aromatic rings. The van der Waals surface area contributed by atoms with Gasteiger partial charge in [-0.2, -0.15) is 5.90 Å². The van der Waals surface area contributed by atoms with Crippen molar-refractivity contribution < 1.29 is 9.63 Å². The Hall–Kier alpha value is -0.570. The summed E-state index contributed by atoms with van der Waals surface area (Å²) in [5.74, 6) is 3.54. The Balaban J connectivity index is 2.85. The van der Waals surface area contributed by atoms with Crippen molar-refractivity contribution >= 4 is 5.97 Å². The predicted molar refractivity (Wildman–Crippen MR) is 15.6 cm³/mol. The Morgan fingerprint density at radius 1 is 2.00 bits per heavy atom. The molecule has 1 radical (unpaired) electrons. The summed E-state index contributed by atoms with van der Waals surface area (Å²) in [6, 6.07) is 0. The van der Waals surface area contributed by atoms with Gasteiger partial charge in [0.2, 0.25) is 0 Å². The van der Waals surface area contributed by atoms with E-state index in [0.717, 1.165) is 0 Å². The van der Waals surface area contributed by atoms with Crippen LogP contribution in [0, 0.1) is 6.92 Å². The van der Waals surface area contributed by atoms with Crippen LogP contribution in [0.25, 0.3) is 0 Å². The minimum Gasteiger partial charge on any atom is -0.373 e. The molecule has 0 aliphatic heterocycles. The second-order valence-corrected chi connectivity index (χ2v) is 0.490. The summed E-state index contributed by atoms with van der Waals surface area (Å²) in [5.41, 5.74) is 0. The molecule has 5 heavy (non-hydrogen) atoms. The van der Waals surface area contributed by atoms with Crippen LogP contribution in [0.1, 0.15) is 0 Å². The minimum atomic E-state index is -0.718. The molecule has 0 aromatic carbocycles. The van der Waals surface area contributed by atoms with E-state index in [0.29, 0.717) is 0 Å². The molecule has 0 atom stereocenters. The number of hydrogen-bond donors (Lipinski definition) is 1. The Bertz CT molecular complexity index is 42.9. The topological polar surface area (TPSA) is 52.3 Å². The van der Waals surface area contributed by atoms with Crippen LogP contribution in [0.15, 0.2) is 0 Å². The van der Waals surface area contributed by atoms with Gasteiger partial charge in [-0.1, -0.05) is 0 Å². The van der Waals surface area contributed by atoms with E-state index in [1.807, 2.05) is 0 Å². The van der Waals surface area contributed by atoms with Gasteiger partial charge >= 0.3 is 5.97 Å². The molecule has 0 saturated carbocycles. The van der Waals surface area contributed by atoms with Crippen LogP contribution in [0.4, 0.5) is 0 Å². The quantitative estimate of drug-likeness (QED) is 0.384. The molecule has 0 fully saturated rings. The standard InChI is InChI=1S/C2H4NO2/c1-2(4)5-3/h1,3H2. The average Bonchev–Trinajstić information content (AvgIpc) is 1.38. The van der Waals surface area contributed by atoms with Gasteiger partial charge in [0, 0.05) is 0 Å². The molecule has 0 rings (SSSR count). The molecule has 0 unspecified atom stereocenters. The summed E-state index contributed by atoms with van der Waals surface area (Å²) in [7, 11) is 0. The summed E-state index contributed by atoms with van der Waals surface area (Å²) >= 11 is 0. The second-order valence-electron chi connectivity index (χ2n) is 0.490. The van der Waals surface area contributed by atoms with Crippen molar-refractivity contribution in [2.45, 2.75) is 0 Å². The smallest absolute Gasteiger partial charge is 0.325 e. The van der Waals surface area contributed by atoms with Crippen LogP contribution in [-0.2, 0) is 9.63 Å². The number of nitrogens with two attached hydrogens (primary N) is 1. The van der Waals surface area contributed by atoms with E-state index in [2.05, 4.69) is 17.7 Å². The fourth-order valence-electron chi connectivity index (χ4n) is 0. The van der Waals surface area contributed by atoms with Crippen LogP contribution in [0.3, 0.4) is 0 Å². The number of rotatable bonds is 0. The van der Waals surface area contributed by atoms with E-state index >= 15 is 0 Å². The van der Waals surface area contributed by atoms with Crippen molar-refractivity contribution in [3.8, 4) is 0 Å². The molecular weight excluding hydrogens is 70.0 g/mol. The average molecular weight is 74.1 g/mol. The third kappa shape index (κ3) is 3.43. The molecule has 29 valence electrons.